The van der Waals surface area contributed by atoms with Crippen LogP contribution in [0.1, 0.15) is 30.9 Å². The minimum Gasteiger partial charge on any atom is -0.340 e. The number of likely N-dealkylation sites (tertiary alicyclic amines) is 1. The maximum absolute atomic E-state index is 12.8. The molecule has 0 saturated carbocycles. The van der Waals surface area contributed by atoms with E-state index in [1.54, 1.807) is 0 Å². The molecule has 0 aliphatic carbocycles. The number of amides is 1. The van der Waals surface area contributed by atoms with Gasteiger partial charge in [0.2, 0.25) is 5.91 Å². The number of hydrogen-bond donors (Lipinski definition) is 1. The van der Waals surface area contributed by atoms with E-state index in [1.165, 1.54) is 5.56 Å². The van der Waals surface area contributed by atoms with Crippen molar-refractivity contribution in [3.8, 4) is 0 Å². The van der Waals surface area contributed by atoms with E-state index >= 15 is 0 Å². The standard InChI is InChI=1S/C21H26N2O/c1-21(18-11-6-3-7-12-18)13-8-14-23(16-21)20(24)19(22)15-17-9-4-2-5-10-17/h2-7,9-12,19H,8,13-16,22H2,1H3/t19-,21?/m0/s1. The van der Waals surface area contributed by atoms with Crippen molar-refractivity contribution in [2.75, 3.05) is 13.1 Å². The third kappa shape index (κ3) is 3.68. The normalized spacial score (nSPS) is 22.2. The largest absolute Gasteiger partial charge is 0.340 e. The number of nitrogens with zero attached hydrogens (tertiary/aromatic N) is 1. The van der Waals surface area contributed by atoms with Crippen LogP contribution in [0.15, 0.2) is 60.7 Å². The molecule has 0 radical (unpaired) electrons. The van der Waals surface area contributed by atoms with E-state index < -0.39 is 6.04 Å². The van der Waals surface area contributed by atoms with Gasteiger partial charge >= 0.3 is 0 Å². The molecule has 3 rings (SSSR count). The molecular weight excluding hydrogens is 296 g/mol. The summed E-state index contributed by atoms with van der Waals surface area (Å²) in [5, 5.41) is 0. The number of hydrogen-bond acceptors (Lipinski definition) is 2. The van der Waals surface area contributed by atoms with Crippen LogP contribution in [0.2, 0.25) is 0 Å². The maximum atomic E-state index is 12.8. The van der Waals surface area contributed by atoms with Gasteiger partial charge < -0.3 is 10.6 Å². The van der Waals surface area contributed by atoms with Crippen LogP contribution in [0, 0.1) is 0 Å². The predicted octanol–water partition coefficient (Wildman–Crippen LogP) is 3.14. The van der Waals surface area contributed by atoms with Gasteiger partial charge in [0.15, 0.2) is 0 Å². The first-order valence-corrected chi connectivity index (χ1v) is 8.72. The van der Waals surface area contributed by atoms with Crippen molar-refractivity contribution in [3.63, 3.8) is 0 Å². The van der Waals surface area contributed by atoms with Gasteiger partial charge in [-0.2, -0.15) is 0 Å². The van der Waals surface area contributed by atoms with Crippen molar-refractivity contribution < 1.29 is 4.79 Å². The Morgan fingerprint density at radius 3 is 2.42 bits per heavy atom. The fourth-order valence-corrected chi connectivity index (χ4v) is 3.69. The zero-order valence-corrected chi connectivity index (χ0v) is 14.3. The monoisotopic (exact) mass is 322 g/mol. The Hall–Kier alpha value is -2.13. The molecule has 1 amide bonds. The molecule has 3 nitrogen and oxygen atoms in total. The van der Waals surface area contributed by atoms with E-state index in [4.69, 9.17) is 5.73 Å². The molecule has 24 heavy (non-hydrogen) atoms. The lowest BCUT2D eigenvalue weighted by Gasteiger charge is -2.41. The molecule has 126 valence electrons. The van der Waals surface area contributed by atoms with Gasteiger partial charge in [-0.25, -0.2) is 0 Å². The fraction of sp³-hybridized carbons (Fsp3) is 0.381. The smallest absolute Gasteiger partial charge is 0.239 e. The SMILES string of the molecule is CC1(c2ccccc2)CCCN(C(=O)[C@@H](N)Cc2ccccc2)C1. The lowest BCUT2D eigenvalue weighted by molar-refractivity contribution is -0.134. The summed E-state index contributed by atoms with van der Waals surface area (Å²) in [5.74, 6) is 0.0701. The maximum Gasteiger partial charge on any atom is 0.239 e. The van der Waals surface area contributed by atoms with Crippen LogP contribution < -0.4 is 5.73 Å². The first-order chi connectivity index (χ1) is 11.6. The Morgan fingerprint density at radius 2 is 1.75 bits per heavy atom. The summed E-state index contributed by atoms with van der Waals surface area (Å²) in [7, 11) is 0. The molecule has 2 aromatic carbocycles. The van der Waals surface area contributed by atoms with Crippen LogP contribution >= 0.6 is 0 Å². The van der Waals surface area contributed by atoms with Gasteiger partial charge in [0, 0.05) is 18.5 Å². The van der Waals surface area contributed by atoms with Gasteiger partial charge in [0.1, 0.15) is 0 Å². The second kappa shape index (κ2) is 7.18. The van der Waals surface area contributed by atoms with E-state index in [1.807, 2.05) is 41.3 Å². The van der Waals surface area contributed by atoms with Gasteiger partial charge in [-0.3, -0.25) is 4.79 Å². The van der Waals surface area contributed by atoms with Crippen molar-refractivity contribution in [1.29, 1.82) is 0 Å². The molecule has 1 heterocycles. The Kier molecular flexibility index (Phi) is 5.00. The van der Waals surface area contributed by atoms with Crippen molar-refractivity contribution in [1.82, 2.24) is 4.90 Å². The van der Waals surface area contributed by atoms with Gasteiger partial charge in [-0.05, 0) is 30.4 Å². The molecule has 2 atom stereocenters. The molecule has 0 bridgehead atoms. The van der Waals surface area contributed by atoms with Crippen LogP contribution in [0.25, 0.3) is 0 Å². The Morgan fingerprint density at radius 1 is 1.12 bits per heavy atom. The van der Waals surface area contributed by atoms with Gasteiger partial charge in [0.05, 0.1) is 6.04 Å². The van der Waals surface area contributed by atoms with Crippen LogP contribution in [0.4, 0.5) is 0 Å². The minimum absolute atomic E-state index is 0.0155. The predicted molar refractivity (Wildman–Crippen MR) is 97.7 cm³/mol. The van der Waals surface area contributed by atoms with E-state index in [2.05, 4.69) is 31.2 Å². The highest BCUT2D eigenvalue weighted by atomic mass is 16.2. The number of carbonyl (C=O) groups excluding carboxylic acids is 1. The Labute approximate surface area is 144 Å². The molecular formula is C21H26N2O. The zero-order chi connectivity index (χ0) is 17.0. The summed E-state index contributed by atoms with van der Waals surface area (Å²) in [6.07, 6.45) is 2.72. The quantitative estimate of drug-likeness (QED) is 0.940. The van der Waals surface area contributed by atoms with Crippen LogP contribution in [0.3, 0.4) is 0 Å². The molecule has 1 saturated heterocycles. The molecule has 1 aliphatic rings. The molecule has 0 aromatic heterocycles. The van der Waals surface area contributed by atoms with Gasteiger partial charge in [-0.1, -0.05) is 67.6 Å². The second-order valence-electron chi connectivity index (χ2n) is 7.09. The molecule has 2 N–H and O–H groups in total. The third-order valence-electron chi connectivity index (χ3n) is 5.09. The lowest BCUT2D eigenvalue weighted by Crippen LogP contribution is -2.52. The van der Waals surface area contributed by atoms with E-state index in [0.717, 1.165) is 31.5 Å². The molecule has 0 spiro atoms. The molecule has 1 unspecified atom stereocenters. The highest BCUT2D eigenvalue weighted by Gasteiger charge is 2.35. The lowest BCUT2D eigenvalue weighted by atomic mass is 9.76. The van der Waals surface area contributed by atoms with Gasteiger partial charge in [-0.15, -0.1) is 0 Å². The number of benzene rings is 2. The minimum atomic E-state index is -0.467. The summed E-state index contributed by atoms with van der Waals surface area (Å²) < 4.78 is 0. The summed E-state index contributed by atoms with van der Waals surface area (Å²) in [5.41, 5.74) is 8.65. The number of rotatable bonds is 4. The second-order valence-corrected chi connectivity index (χ2v) is 7.09. The van der Waals surface area contributed by atoms with Crippen LogP contribution in [0.5, 0.6) is 0 Å². The highest BCUT2D eigenvalue weighted by molar-refractivity contribution is 5.82. The number of nitrogens with two attached hydrogens (primary N) is 1. The average Bonchev–Trinajstić information content (AvgIpc) is 2.63. The van der Waals surface area contributed by atoms with Crippen LogP contribution in [-0.2, 0) is 16.6 Å². The number of piperidine rings is 1. The van der Waals surface area contributed by atoms with Crippen molar-refractivity contribution >= 4 is 5.91 Å². The summed E-state index contributed by atoms with van der Waals surface area (Å²) in [6, 6.07) is 20.0. The Balaban J connectivity index is 1.69. The topological polar surface area (TPSA) is 46.3 Å². The number of carbonyl (C=O) groups is 1. The first kappa shape index (κ1) is 16.7. The molecule has 3 heteroatoms. The highest BCUT2D eigenvalue weighted by Crippen LogP contribution is 2.33. The van der Waals surface area contributed by atoms with Crippen LogP contribution in [-0.4, -0.2) is 29.9 Å². The van der Waals surface area contributed by atoms with Crippen molar-refractivity contribution in [2.45, 2.75) is 37.6 Å². The fourth-order valence-electron chi connectivity index (χ4n) is 3.69. The van der Waals surface area contributed by atoms with Crippen molar-refractivity contribution in [2.24, 2.45) is 5.73 Å². The zero-order valence-electron chi connectivity index (χ0n) is 14.3. The Bertz CT molecular complexity index is 671. The molecule has 1 fully saturated rings. The summed E-state index contributed by atoms with van der Waals surface area (Å²) in [6.45, 7) is 3.81. The van der Waals surface area contributed by atoms with Gasteiger partial charge in [0.25, 0.3) is 0 Å². The molecule has 2 aromatic rings. The van der Waals surface area contributed by atoms with Crippen molar-refractivity contribution in [3.05, 3.63) is 71.8 Å². The summed E-state index contributed by atoms with van der Waals surface area (Å²) >= 11 is 0. The third-order valence-corrected chi connectivity index (χ3v) is 5.09. The van der Waals surface area contributed by atoms with E-state index in [0.29, 0.717) is 6.42 Å². The summed E-state index contributed by atoms with van der Waals surface area (Å²) in [4.78, 5) is 14.8. The first-order valence-electron chi connectivity index (χ1n) is 8.72. The van der Waals surface area contributed by atoms with E-state index in [-0.39, 0.29) is 11.3 Å². The average molecular weight is 322 g/mol. The molecule has 1 aliphatic heterocycles. The van der Waals surface area contributed by atoms with E-state index in [9.17, 15) is 4.79 Å².